The number of carbonyl (C=O) groups excluding carboxylic acids is 2. The van der Waals surface area contributed by atoms with Crippen molar-refractivity contribution in [3.8, 4) is 11.5 Å². The molecule has 0 aromatic heterocycles. The van der Waals surface area contributed by atoms with Crippen LogP contribution in [0.25, 0.3) is 0 Å². The van der Waals surface area contributed by atoms with Gasteiger partial charge in [-0.15, -0.1) is 0 Å². The van der Waals surface area contributed by atoms with Crippen LogP contribution in [0.3, 0.4) is 0 Å². The second kappa shape index (κ2) is 9.62. The maximum absolute atomic E-state index is 12.5. The Hall–Kier alpha value is -2.78. The summed E-state index contributed by atoms with van der Waals surface area (Å²) < 4.78 is 17.1. The number of nitrogens with one attached hydrogen (secondary N) is 1. The van der Waals surface area contributed by atoms with Gasteiger partial charge < -0.3 is 29.5 Å². The molecule has 3 rings (SSSR count). The second-order valence-corrected chi connectivity index (χ2v) is 6.48. The second-order valence-electron chi connectivity index (χ2n) is 6.48. The predicted molar refractivity (Wildman–Crippen MR) is 107 cm³/mol. The van der Waals surface area contributed by atoms with Crippen molar-refractivity contribution in [2.75, 3.05) is 62.9 Å². The van der Waals surface area contributed by atoms with Crippen molar-refractivity contribution in [1.82, 2.24) is 4.90 Å². The summed E-state index contributed by atoms with van der Waals surface area (Å²) in [5, 5.41) is 12.1. The highest BCUT2D eigenvalue weighted by atomic mass is 16.5. The van der Waals surface area contributed by atoms with Gasteiger partial charge >= 0.3 is 0 Å². The highest BCUT2D eigenvalue weighted by Gasteiger charge is 2.31. The Labute approximate surface area is 169 Å². The molecule has 2 aliphatic rings. The number of benzene rings is 1. The molecule has 1 aromatic rings. The molecule has 0 radical (unpaired) electrons. The first-order chi connectivity index (χ1) is 14.1. The number of morpholine rings is 1. The number of aliphatic hydroxyl groups excluding tert-OH is 1. The van der Waals surface area contributed by atoms with E-state index in [0.717, 1.165) is 23.7 Å². The number of carbonyl (C=O) groups is 2. The predicted octanol–water partition coefficient (Wildman–Crippen LogP) is 0.977. The van der Waals surface area contributed by atoms with Crippen LogP contribution in [0.1, 0.15) is 13.8 Å². The number of hydrogen-bond donors (Lipinski definition) is 2. The fourth-order valence-electron chi connectivity index (χ4n) is 3.30. The van der Waals surface area contributed by atoms with Crippen molar-refractivity contribution < 1.29 is 28.9 Å². The van der Waals surface area contributed by atoms with Crippen molar-refractivity contribution in [3.05, 3.63) is 23.9 Å². The fourth-order valence-corrected chi connectivity index (χ4v) is 3.30. The van der Waals surface area contributed by atoms with Gasteiger partial charge in [0.1, 0.15) is 17.2 Å². The van der Waals surface area contributed by atoms with Gasteiger partial charge in [-0.2, -0.15) is 0 Å². The Bertz CT molecular complexity index is 789. The van der Waals surface area contributed by atoms with Crippen molar-refractivity contribution in [3.63, 3.8) is 0 Å². The summed E-state index contributed by atoms with van der Waals surface area (Å²) in [5.74, 6) is 0.269. The van der Waals surface area contributed by atoms with Crippen molar-refractivity contribution in [2.24, 2.45) is 0 Å². The van der Waals surface area contributed by atoms with E-state index in [1.807, 2.05) is 19.9 Å². The normalized spacial score (nSPS) is 16.9. The summed E-state index contributed by atoms with van der Waals surface area (Å²) in [6, 6.07) is 3.67. The summed E-state index contributed by atoms with van der Waals surface area (Å²) in [7, 11) is 0. The smallest absolute Gasteiger partial charge is 0.277 e. The number of nitrogens with zero attached hydrogens (tertiary/aromatic N) is 2. The summed E-state index contributed by atoms with van der Waals surface area (Å²) in [6.07, 6.45) is 1.23. The minimum Gasteiger partial charge on any atom is -0.492 e. The molecule has 0 bridgehead atoms. The standard InChI is InChI=1S/C20H27N3O6/c1-3-28-17-13-16(22-6-9-27-10-7-22)18(29-4-2)11-14(17)21-15-12-19(25)23(5-8-24)20(15)26/h11-13,21,24H,3-10H2,1-2H3. The Morgan fingerprint density at radius 2 is 1.79 bits per heavy atom. The highest BCUT2D eigenvalue weighted by molar-refractivity contribution is 6.17. The fraction of sp³-hybridized carbons (Fsp3) is 0.500. The molecule has 9 nitrogen and oxygen atoms in total. The topological polar surface area (TPSA) is 101 Å². The SMILES string of the molecule is CCOc1cc(N2CCOCC2)c(OCC)cc1NC1=CC(=O)N(CCO)C1=O. The van der Waals surface area contributed by atoms with Gasteiger partial charge in [0, 0.05) is 31.3 Å². The third-order valence-electron chi connectivity index (χ3n) is 4.61. The first-order valence-electron chi connectivity index (χ1n) is 9.80. The highest BCUT2D eigenvalue weighted by Crippen LogP contribution is 2.40. The van der Waals surface area contributed by atoms with Gasteiger partial charge in [-0.05, 0) is 13.8 Å². The number of amides is 2. The average molecular weight is 405 g/mol. The van der Waals surface area contributed by atoms with Crippen LogP contribution < -0.4 is 19.7 Å². The molecule has 2 heterocycles. The number of aliphatic hydroxyl groups is 1. The zero-order chi connectivity index (χ0) is 20.8. The minimum absolute atomic E-state index is 0.0438. The van der Waals surface area contributed by atoms with Crippen molar-refractivity contribution in [2.45, 2.75) is 13.8 Å². The lowest BCUT2D eigenvalue weighted by Gasteiger charge is -2.31. The number of imide groups is 1. The van der Waals surface area contributed by atoms with Gasteiger partial charge in [-0.1, -0.05) is 0 Å². The number of hydrogen-bond acceptors (Lipinski definition) is 8. The zero-order valence-corrected chi connectivity index (χ0v) is 16.8. The van der Waals surface area contributed by atoms with Crippen LogP contribution in [0.4, 0.5) is 11.4 Å². The third-order valence-corrected chi connectivity index (χ3v) is 4.61. The van der Waals surface area contributed by atoms with Crippen molar-refractivity contribution in [1.29, 1.82) is 0 Å². The molecule has 1 aromatic carbocycles. The van der Waals surface area contributed by atoms with Gasteiger partial charge in [0.15, 0.2) is 0 Å². The van der Waals surface area contributed by atoms with Crippen LogP contribution in [0.2, 0.25) is 0 Å². The lowest BCUT2D eigenvalue weighted by Crippen LogP contribution is -2.36. The van der Waals surface area contributed by atoms with Gasteiger partial charge in [0.25, 0.3) is 11.8 Å². The largest absolute Gasteiger partial charge is 0.492 e. The quantitative estimate of drug-likeness (QED) is 0.587. The molecule has 158 valence electrons. The Balaban J connectivity index is 1.93. The van der Waals surface area contributed by atoms with Gasteiger partial charge in [-0.3, -0.25) is 14.5 Å². The molecule has 0 unspecified atom stereocenters. The average Bonchev–Trinajstić information content (AvgIpc) is 2.98. The maximum atomic E-state index is 12.5. The summed E-state index contributed by atoms with van der Waals surface area (Å²) in [4.78, 5) is 27.7. The van der Waals surface area contributed by atoms with Gasteiger partial charge in [0.05, 0.1) is 51.0 Å². The van der Waals surface area contributed by atoms with E-state index in [1.54, 1.807) is 6.07 Å². The van der Waals surface area contributed by atoms with Gasteiger partial charge in [-0.25, -0.2) is 0 Å². The van der Waals surface area contributed by atoms with E-state index in [2.05, 4.69) is 10.2 Å². The molecule has 9 heteroatoms. The maximum Gasteiger partial charge on any atom is 0.277 e. The lowest BCUT2D eigenvalue weighted by molar-refractivity contribution is -0.137. The molecular formula is C20H27N3O6. The third kappa shape index (κ3) is 4.63. The Morgan fingerprint density at radius 1 is 1.10 bits per heavy atom. The van der Waals surface area contributed by atoms with E-state index >= 15 is 0 Å². The van der Waals surface area contributed by atoms with Crippen molar-refractivity contribution >= 4 is 23.2 Å². The molecule has 1 saturated heterocycles. The first kappa shape index (κ1) is 20.9. The zero-order valence-electron chi connectivity index (χ0n) is 16.8. The summed E-state index contributed by atoms with van der Waals surface area (Å²) in [6.45, 7) is 7.13. The van der Waals surface area contributed by atoms with E-state index in [0.29, 0.717) is 43.6 Å². The Morgan fingerprint density at radius 3 is 2.45 bits per heavy atom. The first-order valence-corrected chi connectivity index (χ1v) is 9.80. The van der Waals surface area contributed by atoms with E-state index in [9.17, 15) is 9.59 Å². The Kier molecular flexibility index (Phi) is 6.95. The van der Waals surface area contributed by atoms with E-state index in [1.165, 1.54) is 6.08 Å². The number of anilines is 2. The minimum atomic E-state index is -0.485. The van der Waals surface area contributed by atoms with E-state index in [4.69, 9.17) is 19.3 Å². The molecule has 0 aliphatic carbocycles. The number of rotatable bonds is 9. The molecule has 0 spiro atoms. The van der Waals surface area contributed by atoms with E-state index in [-0.39, 0.29) is 18.8 Å². The molecule has 0 atom stereocenters. The van der Waals surface area contributed by atoms with Crippen LogP contribution in [0.5, 0.6) is 11.5 Å². The molecule has 2 aliphatic heterocycles. The van der Waals surface area contributed by atoms with Crippen LogP contribution >= 0.6 is 0 Å². The van der Waals surface area contributed by atoms with E-state index < -0.39 is 11.8 Å². The van der Waals surface area contributed by atoms with Crippen LogP contribution in [-0.4, -0.2) is 74.5 Å². The lowest BCUT2D eigenvalue weighted by atomic mass is 10.2. The van der Waals surface area contributed by atoms with Gasteiger partial charge in [0.2, 0.25) is 0 Å². The molecule has 29 heavy (non-hydrogen) atoms. The summed E-state index contributed by atoms with van der Waals surface area (Å²) in [5.41, 5.74) is 1.56. The number of ether oxygens (including phenoxy) is 3. The summed E-state index contributed by atoms with van der Waals surface area (Å²) >= 11 is 0. The van der Waals surface area contributed by atoms with Crippen LogP contribution in [0.15, 0.2) is 23.9 Å². The molecule has 1 fully saturated rings. The molecular weight excluding hydrogens is 378 g/mol. The molecule has 0 saturated carbocycles. The van der Waals surface area contributed by atoms with Crippen LogP contribution in [-0.2, 0) is 14.3 Å². The number of β-amino-alcohol motifs (C(OH)–C–C–N with tert-alkyl or cyclic N) is 1. The monoisotopic (exact) mass is 405 g/mol. The molecule has 2 N–H and O–H groups in total. The van der Waals surface area contributed by atoms with Crippen LogP contribution in [0, 0.1) is 0 Å². The molecule has 2 amide bonds.